The molecule has 0 amide bonds. The maximum absolute atomic E-state index is 12.3. The molecule has 1 aromatic carbocycles. The van der Waals surface area contributed by atoms with Crippen LogP contribution in [0.1, 0.15) is 22.8 Å². The number of nitriles is 1. The van der Waals surface area contributed by atoms with E-state index in [2.05, 4.69) is 0 Å². The van der Waals surface area contributed by atoms with Gasteiger partial charge >= 0.3 is 5.63 Å². The average molecular weight is 315 g/mol. The summed E-state index contributed by atoms with van der Waals surface area (Å²) < 4.78 is 10.5. The normalized spacial score (nSPS) is 20.0. The Bertz CT molecular complexity index is 866. The number of ether oxygens (including phenoxy) is 1. The van der Waals surface area contributed by atoms with Gasteiger partial charge in [0, 0.05) is 17.0 Å². The number of hydrogen-bond donors (Lipinski definition) is 1. The van der Waals surface area contributed by atoms with Crippen molar-refractivity contribution in [3.63, 3.8) is 0 Å². The molecule has 0 bridgehead atoms. The van der Waals surface area contributed by atoms with Crippen molar-refractivity contribution in [1.82, 2.24) is 0 Å². The van der Waals surface area contributed by atoms with Gasteiger partial charge in [0.15, 0.2) is 0 Å². The van der Waals surface area contributed by atoms with Crippen LogP contribution in [0.4, 0.5) is 0 Å². The van der Waals surface area contributed by atoms with E-state index in [4.69, 9.17) is 26.2 Å². The molecule has 6 heteroatoms. The van der Waals surface area contributed by atoms with E-state index in [0.29, 0.717) is 16.3 Å². The molecule has 0 saturated heterocycles. The maximum atomic E-state index is 12.3. The first-order valence-electron chi connectivity index (χ1n) is 6.57. The summed E-state index contributed by atoms with van der Waals surface area (Å²) in [5.41, 5.74) is 0.354. The molecule has 0 saturated carbocycles. The Morgan fingerprint density at radius 3 is 2.82 bits per heavy atom. The van der Waals surface area contributed by atoms with Crippen LogP contribution in [0.2, 0.25) is 5.02 Å². The van der Waals surface area contributed by atoms with Crippen LogP contribution in [0.25, 0.3) is 0 Å². The third-order valence-corrected chi connectivity index (χ3v) is 3.80. The standard InChI is InChI=1S/C16H11ClN2O3/c1-8-5-12-14(16(20)21-8)13(11(7-18)15(19)22-12)9-3-2-4-10(17)6-9/h2-6,11,13,19H,1H3. The second-order valence-corrected chi connectivity index (χ2v) is 5.46. The molecule has 5 nitrogen and oxygen atoms in total. The Labute approximate surface area is 131 Å². The fraction of sp³-hybridized carbons (Fsp3) is 0.188. The van der Waals surface area contributed by atoms with Crippen molar-refractivity contribution in [3.8, 4) is 11.8 Å². The van der Waals surface area contributed by atoms with Crippen molar-refractivity contribution in [2.45, 2.75) is 12.8 Å². The van der Waals surface area contributed by atoms with Crippen LogP contribution in [0.3, 0.4) is 0 Å². The summed E-state index contributed by atoms with van der Waals surface area (Å²) in [5.74, 6) is -1.09. The monoisotopic (exact) mass is 314 g/mol. The molecule has 110 valence electrons. The Morgan fingerprint density at radius 1 is 1.36 bits per heavy atom. The van der Waals surface area contributed by atoms with Gasteiger partial charge in [0.1, 0.15) is 17.4 Å². The van der Waals surface area contributed by atoms with E-state index in [1.54, 1.807) is 37.3 Å². The first kappa shape index (κ1) is 14.4. The molecule has 1 N–H and O–H groups in total. The van der Waals surface area contributed by atoms with Gasteiger partial charge in [0.2, 0.25) is 5.90 Å². The van der Waals surface area contributed by atoms with Crippen LogP contribution >= 0.6 is 11.6 Å². The summed E-state index contributed by atoms with van der Waals surface area (Å²) in [6.45, 7) is 1.62. The summed E-state index contributed by atoms with van der Waals surface area (Å²) in [7, 11) is 0. The summed E-state index contributed by atoms with van der Waals surface area (Å²) in [6.07, 6.45) is 0. The van der Waals surface area contributed by atoms with Gasteiger partial charge in [-0.2, -0.15) is 5.26 Å². The zero-order valence-electron chi connectivity index (χ0n) is 11.6. The van der Waals surface area contributed by atoms with Crippen molar-refractivity contribution in [2.75, 3.05) is 0 Å². The van der Waals surface area contributed by atoms with Gasteiger partial charge in [0.05, 0.1) is 11.6 Å². The molecular formula is C16H11ClN2O3. The molecule has 0 spiro atoms. The Balaban J connectivity index is 2.29. The number of benzene rings is 1. The van der Waals surface area contributed by atoms with Crippen molar-refractivity contribution >= 4 is 17.5 Å². The number of halogens is 1. The minimum Gasteiger partial charge on any atom is -0.441 e. The summed E-state index contributed by atoms with van der Waals surface area (Å²) in [4.78, 5) is 12.3. The second-order valence-electron chi connectivity index (χ2n) is 5.03. The highest BCUT2D eigenvalue weighted by Crippen LogP contribution is 2.40. The second kappa shape index (κ2) is 5.32. The van der Waals surface area contributed by atoms with Gasteiger partial charge < -0.3 is 9.15 Å². The highest BCUT2D eigenvalue weighted by atomic mass is 35.5. The number of rotatable bonds is 1. The van der Waals surface area contributed by atoms with E-state index in [9.17, 15) is 10.1 Å². The number of fused-ring (bicyclic) bond motifs is 1. The number of hydrogen-bond acceptors (Lipinski definition) is 5. The van der Waals surface area contributed by atoms with E-state index >= 15 is 0 Å². The quantitative estimate of drug-likeness (QED) is 0.875. The Hall–Kier alpha value is -2.58. The third-order valence-electron chi connectivity index (χ3n) is 3.57. The van der Waals surface area contributed by atoms with Gasteiger partial charge in [-0.05, 0) is 24.6 Å². The van der Waals surface area contributed by atoms with Gasteiger partial charge in [-0.3, -0.25) is 5.41 Å². The molecule has 1 aliphatic heterocycles. The molecule has 22 heavy (non-hydrogen) atoms. The van der Waals surface area contributed by atoms with Crippen molar-refractivity contribution < 1.29 is 9.15 Å². The molecule has 2 aromatic rings. The predicted octanol–water partition coefficient (Wildman–Crippen LogP) is 3.24. The lowest BCUT2D eigenvalue weighted by Gasteiger charge is -2.29. The van der Waals surface area contributed by atoms with Crippen LogP contribution in [-0.2, 0) is 0 Å². The summed E-state index contributed by atoms with van der Waals surface area (Å²) in [6, 6.07) is 10.5. The lowest BCUT2D eigenvalue weighted by molar-refractivity contribution is 0.403. The Morgan fingerprint density at radius 2 is 2.14 bits per heavy atom. The summed E-state index contributed by atoms with van der Waals surface area (Å²) in [5, 5.41) is 17.8. The smallest absolute Gasteiger partial charge is 0.343 e. The van der Waals surface area contributed by atoms with E-state index in [-0.39, 0.29) is 17.2 Å². The number of aryl methyl sites for hydroxylation is 1. The molecule has 1 aromatic heterocycles. The van der Waals surface area contributed by atoms with Gasteiger partial charge in [0.25, 0.3) is 0 Å². The van der Waals surface area contributed by atoms with E-state index in [0.717, 1.165) is 0 Å². The van der Waals surface area contributed by atoms with Crippen molar-refractivity contribution in [3.05, 3.63) is 62.7 Å². The van der Waals surface area contributed by atoms with Gasteiger partial charge in [-0.15, -0.1) is 0 Å². The lowest BCUT2D eigenvalue weighted by Crippen LogP contribution is -2.34. The summed E-state index contributed by atoms with van der Waals surface area (Å²) >= 11 is 6.01. The fourth-order valence-corrected chi connectivity index (χ4v) is 2.85. The van der Waals surface area contributed by atoms with Gasteiger partial charge in [-0.25, -0.2) is 4.79 Å². The van der Waals surface area contributed by atoms with E-state index in [1.165, 1.54) is 0 Å². The zero-order chi connectivity index (χ0) is 15.9. The molecule has 2 heterocycles. The highest BCUT2D eigenvalue weighted by Gasteiger charge is 2.39. The molecule has 2 unspecified atom stereocenters. The minimum absolute atomic E-state index is 0.190. The van der Waals surface area contributed by atoms with Crippen LogP contribution in [0, 0.1) is 29.6 Å². The maximum Gasteiger partial charge on any atom is 0.343 e. The third kappa shape index (κ3) is 2.28. The Kier molecular flexibility index (Phi) is 3.47. The van der Waals surface area contributed by atoms with Crippen molar-refractivity contribution in [2.24, 2.45) is 5.92 Å². The van der Waals surface area contributed by atoms with Crippen LogP contribution in [0.5, 0.6) is 5.75 Å². The van der Waals surface area contributed by atoms with Crippen LogP contribution in [0.15, 0.2) is 39.5 Å². The lowest BCUT2D eigenvalue weighted by atomic mass is 9.80. The molecule has 0 radical (unpaired) electrons. The molecular weight excluding hydrogens is 304 g/mol. The first-order valence-corrected chi connectivity index (χ1v) is 6.95. The number of nitrogens with one attached hydrogen (secondary N) is 1. The largest absolute Gasteiger partial charge is 0.441 e. The molecule has 1 aliphatic rings. The van der Waals surface area contributed by atoms with Gasteiger partial charge in [-0.1, -0.05) is 23.7 Å². The number of nitrogens with zero attached hydrogens (tertiary/aromatic N) is 1. The van der Waals surface area contributed by atoms with E-state index in [1.807, 2.05) is 6.07 Å². The minimum atomic E-state index is -0.906. The SMILES string of the molecule is Cc1cc2c(c(=O)o1)C(c1cccc(Cl)c1)C(C#N)C(=N)O2. The molecule has 2 atom stereocenters. The topological polar surface area (TPSA) is 87.1 Å². The molecule has 0 aliphatic carbocycles. The van der Waals surface area contributed by atoms with Crippen molar-refractivity contribution in [1.29, 1.82) is 10.7 Å². The van der Waals surface area contributed by atoms with Crippen LogP contribution < -0.4 is 10.4 Å². The fourth-order valence-electron chi connectivity index (χ4n) is 2.65. The first-order chi connectivity index (χ1) is 10.5. The van der Waals surface area contributed by atoms with E-state index < -0.39 is 17.5 Å². The average Bonchev–Trinajstić information content (AvgIpc) is 2.45. The molecule has 0 fully saturated rings. The highest BCUT2D eigenvalue weighted by molar-refractivity contribution is 6.30. The van der Waals surface area contributed by atoms with Crippen LogP contribution in [-0.4, -0.2) is 5.90 Å². The predicted molar refractivity (Wildman–Crippen MR) is 80.5 cm³/mol. The zero-order valence-corrected chi connectivity index (χ0v) is 12.3. The molecule has 3 rings (SSSR count).